The monoisotopic (exact) mass is 173 g/mol. The topological polar surface area (TPSA) is 63.3 Å². The van der Waals surface area contributed by atoms with Gasteiger partial charge in [-0.25, -0.2) is 0 Å². The third-order valence-electron chi connectivity index (χ3n) is 1.97. The fourth-order valence-electron chi connectivity index (χ4n) is 1.58. The minimum atomic E-state index is -0.761. The van der Waals surface area contributed by atoms with Crippen LogP contribution in [0.25, 0.3) is 0 Å². The normalized spacial score (nSPS) is 16.1. The van der Waals surface area contributed by atoms with Crippen LogP contribution in [0.5, 0.6) is 0 Å². The first kappa shape index (κ1) is 11.4. The van der Waals surface area contributed by atoms with Gasteiger partial charge in [-0.1, -0.05) is 20.8 Å². The Bertz CT molecular complexity index is 157. The largest absolute Gasteiger partial charge is 0.481 e. The van der Waals surface area contributed by atoms with Crippen LogP contribution < -0.4 is 5.73 Å². The molecule has 1 unspecified atom stereocenters. The molecule has 0 bridgehead atoms. The predicted octanol–water partition coefficient (Wildman–Crippen LogP) is 1.47. The molecule has 0 amide bonds. The molecule has 0 aromatic carbocycles. The molecule has 0 saturated carbocycles. The van der Waals surface area contributed by atoms with Crippen molar-refractivity contribution >= 4 is 5.97 Å². The van der Waals surface area contributed by atoms with Crippen LogP contribution in [-0.4, -0.2) is 17.6 Å². The first-order chi connectivity index (χ1) is 5.39. The van der Waals surface area contributed by atoms with Gasteiger partial charge in [0.15, 0.2) is 0 Å². The summed E-state index contributed by atoms with van der Waals surface area (Å²) in [4.78, 5) is 10.5. The summed E-state index contributed by atoms with van der Waals surface area (Å²) in [6.45, 7) is 6.53. The van der Waals surface area contributed by atoms with Gasteiger partial charge in [-0.2, -0.15) is 0 Å². The standard InChI is InChI=1S/C9H19NO2/c1-7(2)4-9(3,6-10)5-8(11)12/h7H,4-6,10H2,1-3H3,(H,11,12). The third kappa shape index (κ3) is 4.34. The minimum Gasteiger partial charge on any atom is -0.481 e. The highest BCUT2D eigenvalue weighted by molar-refractivity contribution is 5.67. The Morgan fingerprint density at radius 3 is 2.33 bits per heavy atom. The highest BCUT2D eigenvalue weighted by Crippen LogP contribution is 2.28. The number of carboxylic acid groups (broad SMARTS) is 1. The van der Waals surface area contributed by atoms with Crippen molar-refractivity contribution in [2.75, 3.05) is 6.54 Å². The molecule has 3 nitrogen and oxygen atoms in total. The van der Waals surface area contributed by atoms with Crippen molar-refractivity contribution in [2.45, 2.75) is 33.6 Å². The van der Waals surface area contributed by atoms with Crippen LogP contribution in [0.1, 0.15) is 33.6 Å². The molecule has 0 aliphatic heterocycles. The molecule has 0 saturated heterocycles. The van der Waals surface area contributed by atoms with E-state index in [-0.39, 0.29) is 11.8 Å². The molecule has 0 aromatic rings. The molecule has 3 heteroatoms. The van der Waals surface area contributed by atoms with Gasteiger partial charge in [0, 0.05) is 0 Å². The van der Waals surface area contributed by atoms with E-state index >= 15 is 0 Å². The van der Waals surface area contributed by atoms with E-state index < -0.39 is 5.97 Å². The molecule has 0 radical (unpaired) electrons. The first-order valence-corrected chi connectivity index (χ1v) is 4.31. The van der Waals surface area contributed by atoms with Crippen LogP contribution in [-0.2, 0) is 4.79 Å². The number of aliphatic carboxylic acids is 1. The van der Waals surface area contributed by atoms with Gasteiger partial charge in [0.2, 0.25) is 0 Å². The maximum atomic E-state index is 10.5. The number of hydrogen-bond donors (Lipinski definition) is 2. The molecule has 12 heavy (non-hydrogen) atoms. The molecule has 0 aromatic heterocycles. The minimum absolute atomic E-state index is 0.168. The summed E-state index contributed by atoms with van der Waals surface area (Å²) >= 11 is 0. The summed E-state index contributed by atoms with van der Waals surface area (Å²) in [5, 5.41) is 8.64. The average molecular weight is 173 g/mol. The fourth-order valence-corrected chi connectivity index (χ4v) is 1.58. The molecule has 0 aliphatic rings. The number of carboxylic acids is 1. The van der Waals surface area contributed by atoms with Crippen molar-refractivity contribution in [1.82, 2.24) is 0 Å². The van der Waals surface area contributed by atoms with Crippen LogP contribution in [0.15, 0.2) is 0 Å². The Hall–Kier alpha value is -0.570. The second kappa shape index (κ2) is 4.45. The lowest BCUT2D eigenvalue weighted by atomic mass is 9.79. The molecule has 0 fully saturated rings. The molecule has 0 rings (SSSR count). The highest BCUT2D eigenvalue weighted by atomic mass is 16.4. The predicted molar refractivity (Wildman–Crippen MR) is 48.9 cm³/mol. The summed E-state index contributed by atoms with van der Waals surface area (Å²) in [7, 11) is 0. The number of nitrogens with two attached hydrogens (primary N) is 1. The lowest BCUT2D eigenvalue weighted by molar-refractivity contribution is -0.139. The number of rotatable bonds is 5. The van der Waals surface area contributed by atoms with Crippen molar-refractivity contribution in [2.24, 2.45) is 17.1 Å². The zero-order valence-electron chi connectivity index (χ0n) is 8.13. The summed E-state index contributed by atoms with van der Waals surface area (Å²) < 4.78 is 0. The van der Waals surface area contributed by atoms with Crippen molar-refractivity contribution in [3.63, 3.8) is 0 Å². The van der Waals surface area contributed by atoms with Crippen molar-refractivity contribution < 1.29 is 9.90 Å². The smallest absolute Gasteiger partial charge is 0.303 e. The Kier molecular flexibility index (Phi) is 4.24. The van der Waals surface area contributed by atoms with Crippen LogP contribution in [0.3, 0.4) is 0 Å². The van der Waals surface area contributed by atoms with Gasteiger partial charge in [-0.3, -0.25) is 4.79 Å². The molecular weight excluding hydrogens is 154 g/mol. The van der Waals surface area contributed by atoms with Crippen LogP contribution in [0, 0.1) is 11.3 Å². The van der Waals surface area contributed by atoms with Crippen LogP contribution in [0.2, 0.25) is 0 Å². The van der Waals surface area contributed by atoms with Crippen molar-refractivity contribution in [3.8, 4) is 0 Å². The highest BCUT2D eigenvalue weighted by Gasteiger charge is 2.26. The van der Waals surface area contributed by atoms with Gasteiger partial charge in [0.25, 0.3) is 0 Å². The molecule has 0 spiro atoms. The van der Waals surface area contributed by atoms with Gasteiger partial charge in [0.1, 0.15) is 0 Å². The van der Waals surface area contributed by atoms with Gasteiger partial charge in [0.05, 0.1) is 6.42 Å². The molecular formula is C9H19NO2. The van der Waals surface area contributed by atoms with Crippen molar-refractivity contribution in [1.29, 1.82) is 0 Å². The van der Waals surface area contributed by atoms with Gasteiger partial charge < -0.3 is 10.8 Å². The van der Waals surface area contributed by atoms with E-state index in [4.69, 9.17) is 10.8 Å². The van der Waals surface area contributed by atoms with E-state index in [2.05, 4.69) is 13.8 Å². The van der Waals surface area contributed by atoms with E-state index in [9.17, 15) is 4.79 Å². The molecule has 0 aliphatic carbocycles. The van der Waals surface area contributed by atoms with Crippen molar-refractivity contribution in [3.05, 3.63) is 0 Å². The number of hydrogen-bond acceptors (Lipinski definition) is 2. The Labute approximate surface area is 74.0 Å². The molecule has 72 valence electrons. The SMILES string of the molecule is CC(C)CC(C)(CN)CC(=O)O. The summed E-state index contributed by atoms with van der Waals surface area (Å²) in [5.74, 6) is -0.262. The Morgan fingerprint density at radius 1 is 1.58 bits per heavy atom. The van der Waals surface area contributed by atoms with E-state index in [0.717, 1.165) is 6.42 Å². The first-order valence-electron chi connectivity index (χ1n) is 4.31. The summed E-state index contributed by atoms with van der Waals surface area (Å²) in [5.41, 5.74) is 5.30. The van der Waals surface area contributed by atoms with Gasteiger partial charge in [-0.15, -0.1) is 0 Å². The van der Waals surface area contributed by atoms with E-state index in [1.54, 1.807) is 0 Å². The molecule has 1 atom stereocenters. The van der Waals surface area contributed by atoms with Crippen LogP contribution >= 0.6 is 0 Å². The fraction of sp³-hybridized carbons (Fsp3) is 0.889. The van der Waals surface area contributed by atoms with E-state index in [1.165, 1.54) is 0 Å². The van der Waals surface area contributed by atoms with E-state index in [1.807, 2.05) is 6.92 Å². The summed E-state index contributed by atoms with van der Waals surface area (Å²) in [6, 6.07) is 0. The Balaban J connectivity index is 4.13. The quantitative estimate of drug-likeness (QED) is 0.661. The zero-order chi connectivity index (χ0) is 9.78. The lowest BCUT2D eigenvalue weighted by Gasteiger charge is -2.27. The maximum Gasteiger partial charge on any atom is 0.303 e. The van der Waals surface area contributed by atoms with Gasteiger partial charge >= 0.3 is 5.97 Å². The molecule has 0 heterocycles. The Morgan fingerprint density at radius 2 is 2.08 bits per heavy atom. The van der Waals surface area contributed by atoms with Gasteiger partial charge in [-0.05, 0) is 24.3 Å². The molecule has 3 N–H and O–H groups in total. The third-order valence-corrected chi connectivity index (χ3v) is 1.97. The zero-order valence-corrected chi connectivity index (χ0v) is 8.13. The second-order valence-electron chi connectivity index (χ2n) is 4.18. The van der Waals surface area contributed by atoms with Crippen LogP contribution in [0.4, 0.5) is 0 Å². The van der Waals surface area contributed by atoms with E-state index in [0.29, 0.717) is 12.5 Å². The second-order valence-corrected chi connectivity index (χ2v) is 4.18. The average Bonchev–Trinajstić information content (AvgIpc) is 1.83. The maximum absolute atomic E-state index is 10.5. The lowest BCUT2D eigenvalue weighted by Crippen LogP contribution is -2.31. The number of carbonyl (C=O) groups is 1. The summed E-state index contributed by atoms with van der Waals surface area (Å²) in [6.07, 6.45) is 1.04.